The minimum absolute atomic E-state index is 0.456. The van der Waals surface area contributed by atoms with Crippen LogP contribution in [0.25, 0.3) is 0 Å². The molecule has 5 heteroatoms. The molecule has 2 aromatic rings. The zero-order valence-corrected chi connectivity index (χ0v) is 12.0. The van der Waals surface area contributed by atoms with Gasteiger partial charge < -0.3 is 9.47 Å². The molecule has 0 spiro atoms. The molecule has 0 bridgehead atoms. The van der Waals surface area contributed by atoms with Gasteiger partial charge in [-0.1, -0.05) is 6.58 Å². The van der Waals surface area contributed by atoms with Crippen molar-refractivity contribution >= 4 is 11.4 Å². The first kappa shape index (κ1) is 15.3. The van der Waals surface area contributed by atoms with Crippen molar-refractivity contribution in [2.24, 2.45) is 10.2 Å². The second-order valence-corrected chi connectivity index (χ2v) is 4.24. The van der Waals surface area contributed by atoms with Crippen molar-refractivity contribution in [2.75, 3.05) is 13.2 Å². The Morgan fingerprint density at radius 1 is 0.955 bits per heavy atom. The lowest BCUT2D eigenvalue weighted by molar-refractivity contribution is 0.179. The molecule has 0 aliphatic carbocycles. The monoisotopic (exact) mass is 293 g/mol. The maximum atomic E-state index is 8.73. The molecule has 0 amide bonds. The van der Waals surface area contributed by atoms with E-state index in [0.29, 0.717) is 24.5 Å². The fraction of sp³-hybridized carbons (Fsp3) is 0.118. The molecule has 0 fully saturated rings. The van der Waals surface area contributed by atoms with Crippen molar-refractivity contribution in [3.05, 3.63) is 66.9 Å². The molecule has 2 aromatic carbocycles. The van der Waals surface area contributed by atoms with Gasteiger partial charge in [0.2, 0.25) is 0 Å². The fourth-order valence-electron chi connectivity index (χ4n) is 1.62. The van der Waals surface area contributed by atoms with E-state index in [9.17, 15) is 0 Å². The minimum Gasteiger partial charge on any atom is -0.498 e. The van der Waals surface area contributed by atoms with Crippen LogP contribution >= 0.6 is 0 Å². The Morgan fingerprint density at radius 2 is 1.55 bits per heavy atom. The zero-order valence-electron chi connectivity index (χ0n) is 12.0. The van der Waals surface area contributed by atoms with Gasteiger partial charge in [-0.05, 0) is 48.5 Å². The fourth-order valence-corrected chi connectivity index (χ4v) is 1.62. The van der Waals surface area contributed by atoms with Gasteiger partial charge in [-0.2, -0.15) is 15.5 Å². The van der Waals surface area contributed by atoms with Crippen molar-refractivity contribution in [1.82, 2.24) is 0 Å². The molecular formula is C17H15N3O2. The van der Waals surface area contributed by atoms with Crippen molar-refractivity contribution in [3.63, 3.8) is 0 Å². The molecule has 0 aromatic heterocycles. The Balaban J connectivity index is 1.91. The van der Waals surface area contributed by atoms with Gasteiger partial charge in [0.05, 0.1) is 29.3 Å². The van der Waals surface area contributed by atoms with Gasteiger partial charge in [-0.3, -0.25) is 0 Å². The topological polar surface area (TPSA) is 67.0 Å². The average Bonchev–Trinajstić information content (AvgIpc) is 2.58. The molecule has 22 heavy (non-hydrogen) atoms. The third-order valence-electron chi connectivity index (χ3n) is 2.70. The van der Waals surface area contributed by atoms with Gasteiger partial charge in [-0.25, -0.2) is 0 Å². The van der Waals surface area contributed by atoms with Crippen LogP contribution in [-0.4, -0.2) is 13.2 Å². The van der Waals surface area contributed by atoms with Crippen molar-refractivity contribution in [1.29, 1.82) is 5.26 Å². The Hall–Kier alpha value is -3.13. The zero-order chi connectivity index (χ0) is 15.6. The third-order valence-corrected chi connectivity index (χ3v) is 2.70. The van der Waals surface area contributed by atoms with E-state index in [0.717, 1.165) is 11.4 Å². The Bertz CT molecular complexity index is 671. The van der Waals surface area contributed by atoms with Gasteiger partial charge >= 0.3 is 0 Å². The van der Waals surface area contributed by atoms with Crippen LogP contribution in [0.1, 0.15) is 5.56 Å². The van der Waals surface area contributed by atoms with E-state index in [1.165, 1.54) is 6.26 Å². The van der Waals surface area contributed by atoms with E-state index in [-0.39, 0.29) is 0 Å². The summed E-state index contributed by atoms with van der Waals surface area (Å²) >= 11 is 0. The summed E-state index contributed by atoms with van der Waals surface area (Å²) in [5.41, 5.74) is 2.01. The van der Waals surface area contributed by atoms with Crippen LogP contribution in [0.2, 0.25) is 0 Å². The van der Waals surface area contributed by atoms with Crippen molar-refractivity contribution in [3.8, 4) is 11.8 Å². The summed E-state index contributed by atoms with van der Waals surface area (Å²) in [6.45, 7) is 4.37. The Labute approximate surface area is 129 Å². The molecule has 0 saturated heterocycles. The van der Waals surface area contributed by atoms with Crippen LogP contribution in [-0.2, 0) is 4.74 Å². The summed E-state index contributed by atoms with van der Waals surface area (Å²) in [7, 11) is 0. The van der Waals surface area contributed by atoms with Crippen molar-refractivity contribution in [2.45, 2.75) is 0 Å². The molecule has 0 heterocycles. The number of nitrogens with zero attached hydrogens (tertiary/aromatic N) is 3. The van der Waals surface area contributed by atoms with Gasteiger partial charge in [-0.15, -0.1) is 0 Å². The standard InChI is InChI=1S/C17H15N3O2/c1-2-21-11-12-22-17-9-7-16(8-10-17)20-19-15-5-3-14(13-18)4-6-15/h2-10H,1,11-12H2. The number of azo groups is 1. The number of hydrogen-bond acceptors (Lipinski definition) is 5. The molecule has 5 nitrogen and oxygen atoms in total. The summed E-state index contributed by atoms with van der Waals surface area (Å²) < 4.78 is 10.4. The number of ether oxygens (including phenoxy) is 2. The highest BCUT2D eigenvalue weighted by Gasteiger charge is 1.96. The lowest BCUT2D eigenvalue weighted by Crippen LogP contribution is -2.03. The highest BCUT2D eigenvalue weighted by atomic mass is 16.5. The molecule has 110 valence electrons. The van der Waals surface area contributed by atoms with E-state index in [2.05, 4.69) is 22.9 Å². The predicted octanol–water partition coefficient (Wildman–Crippen LogP) is 4.51. The summed E-state index contributed by atoms with van der Waals surface area (Å²) in [6.07, 6.45) is 1.38. The molecule has 0 unspecified atom stereocenters. The van der Waals surface area contributed by atoms with Crippen LogP contribution in [0.4, 0.5) is 11.4 Å². The lowest BCUT2D eigenvalue weighted by atomic mass is 10.2. The van der Waals surface area contributed by atoms with Gasteiger partial charge in [0, 0.05) is 0 Å². The largest absolute Gasteiger partial charge is 0.498 e. The number of nitriles is 1. The lowest BCUT2D eigenvalue weighted by Gasteiger charge is -2.05. The molecule has 0 saturated carbocycles. The van der Waals surface area contributed by atoms with Crippen LogP contribution in [0.3, 0.4) is 0 Å². The summed E-state index contributed by atoms with van der Waals surface area (Å²) in [5.74, 6) is 0.741. The van der Waals surface area contributed by atoms with E-state index in [1.807, 2.05) is 24.3 Å². The molecule has 2 rings (SSSR count). The highest BCUT2D eigenvalue weighted by molar-refractivity contribution is 5.44. The van der Waals surface area contributed by atoms with E-state index in [4.69, 9.17) is 14.7 Å². The average molecular weight is 293 g/mol. The van der Waals surface area contributed by atoms with E-state index < -0.39 is 0 Å². The second-order valence-electron chi connectivity index (χ2n) is 4.24. The van der Waals surface area contributed by atoms with Crippen molar-refractivity contribution < 1.29 is 9.47 Å². The molecule has 0 atom stereocenters. The smallest absolute Gasteiger partial charge is 0.122 e. The van der Waals surface area contributed by atoms with E-state index in [1.54, 1.807) is 24.3 Å². The van der Waals surface area contributed by atoms with Crippen LogP contribution in [0, 0.1) is 11.3 Å². The van der Waals surface area contributed by atoms with E-state index >= 15 is 0 Å². The van der Waals surface area contributed by atoms with Crippen LogP contribution in [0.15, 0.2) is 71.6 Å². The Kier molecular flexibility index (Phi) is 5.70. The second kappa shape index (κ2) is 8.22. The molecular weight excluding hydrogens is 278 g/mol. The normalized spacial score (nSPS) is 10.1. The molecule has 0 radical (unpaired) electrons. The first-order valence-corrected chi connectivity index (χ1v) is 6.69. The first-order chi connectivity index (χ1) is 10.8. The summed E-state index contributed by atoms with van der Waals surface area (Å²) in [5, 5.41) is 17.0. The maximum Gasteiger partial charge on any atom is 0.122 e. The minimum atomic E-state index is 0.456. The number of hydrogen-bond donors (Lipinski definition) is 0. The summed E-state index contributed by atoms with van der Waals surface area (Å²) in [6, 6.07) is 16.2. The Morgan fingerprint density at radius 3 is 2.09 bits per heavy atom. The van der Waals surface area contributed by atoms with Crippen LogP contribution in [0.5, 0.6) is 5.75 Å². The third kappa shape index (κ3) is 4.76. The SMILES string of the molecule is C=COCCOc1ccc(N=Nc2ccc(C#N)cc2)cc1. The molecule has 0 aliphatic heterocycles. The summed E-state index contributed by atoms with van der Waals surface area (Å²) in [4.78, 5) is 0. The molecule has 0 N–H and O–H groups in total. The van der Waals surface area contributed by atoms with Crippen LogP contribution < -0.4 is 4.74 Å². The first-order valence-electron chi connectivity index (χ1n) is 6.69. The highest BCUT2D eigenvalue weighted by Crippen LogP contribution is 2.21. The molecule has 0 aliphatic rings. The quantitative estimate of drug-likeness (QED) is 0.428. The maximum absolute atomic E-state index is 8.73. The van der Waals surface area contributed by atoms with Gasteiger partial charge in [0.25, 0.3) is 0 Å². The van der Waals surface area contributed by atoms with Gasteiger partial charge in [0.1, 0.15) is 19.0 Å². The number of benzene rings is 2. The predicted molar refractivity (Wildman–Crippen MR) is 83.4 cm³/mol. The van der Waals surface area contributed by atoms with Gasteiger partial charge in [0.15, 0.2) is 0 Å². The number of rotatable bonds is 7.